The van der Waals surface area contributed by atoms with Gasteiger partial charge in [-0.2, -0.15) is 0 Å². The van der Waals surface area contributed by atoms with Crippen LogP contribution >= 0.6 is 0 Å². The fourth-order valence-corrected chi connectivity index (χ4v) is 2.57. The van der Waals surface area contributed by atoms with E-state index in [9.17, 15) is 9.90 Å². The lowest BCUT2D eigenvalue weighted by atomic mass is 10.1. The van der Waals surface area contributed by atoms with Gasteiger partial charge in [0.2, 0.25) is 0 Å². The Morgan fingerprint density at radius 3 is 2.39 bits per heavy atom. The Balaban J connectivity index is 1.92. The number of aliphatic hydroxyl groups excluding tert-OH is 1. The maximum Gasteiger partial charge on any atom is 0.407 e. The molecule has 0 radical (unpaired) electrons. The molecule has 2 aromatic carbocycles. The lowest BCUT2D eigenvalue weighted by molar-refractivity contribution is 0.0483. The van der Waals surface area contributed by atoms with Crippen molar-refractivity contribution in [3.63, 3.8) is 0 Å². The minimum absolute atomic E-state index is 0.184. The summed E-state index contributed by atoms with van der Waals surface area (Å²) in [7, 11) is 1.63. The minimum atomic E-state index is -0.584. The molecule has 0 aliphatic rings. The third-order valence-corrected chi connectivity index (χ3v) is 3.89. The van der Waals surface area contributed by atoms with E-state index in [1.807, 2.05) is 48.5 Å². The fourth-order valence-electron chi connectivity index (χ4n) is 2.57. The van der Waals surface area contributed by atoms with E-state index < -0.39 is 17.7 Å². The molecule has 0 heterocycles. The van der Waals surface area contributed by atoms with Crippen LogP contribution in [0.3, 0.4) is 0 Å². The normalized spacial score (nSPS) is 12.2. The molecule has 2 aromatic rings. The van der Waals surface area contributed by atoms with Crippen LogP contribution in [0, 0.1) is 0 Å². The molecule has 0 bridgehead atoms. The van der Waals surface area contributed by atoms with Crippen LogP contribution < -0.4 is 14.8 Å². The quantitative estimate of drug-likeness (QED) is 0.722. The van der Waals surface area contributed by atoms with Gasteiger partial charge in [0.1, 0.15) is 23.7 Å². The zero-order chi connectivity index (χ0) is 20.6. The van der Waals surface area contributed by atoms with Crippen molar-refractivity contribution in [1.29, 1.82) is 0 Å². The van der Waals surface area contributed by atoms with Gasteiger partial charge in [0, 0.05) is 0 Å². The number of carbonyl (C=O) groups excluding carboxylic acids is 1. The van der Waals surface area contributed by atoms with Crippen molar-refractivity contribution in [2.45, 2.75) is 45.4 Å². The highest BCUT2D eigenvalue weighted by Gasteiger charge is 2.19. The Hall–Kier alpha value is -2.73. The third kappa shape index (κ3) is 7.48. The molecule has 152 valence electrons. The first-order valence-electron chi connectivity index (χ1n) is 9.24. The predicted octanol–water partition coefficient (Wildman–Crippen LogP) is 3.70. The number of aliphatic hydroxyl groups is 1. The molecule has 28 heavy (non-hydrogen) atoms. The molecule has 1 amide bonds. The molecular formula is C22H29NO5. The van der Waals surface area contributed by atoms with Crippen molar-refractivity contribution in [2.24, 2.45) is 0 Å². The van der Waals surface area contributed by atoms with Gasteiger partial charge in [-0.1, -0.05) is 24.3 Å². The van der Waals surface area contributed by atoms with Gasteiger partial charge in [-0.15, -0.1) is 0 Å². The van der Waals surface area contributed by atoms with Crippen molar-refractivity contribution < 1.29 is 24.1 Å². The summed E-state index contributed by atoms with van der Waals surface area (Å²) >= 11 is 0. The molecule has 0 aromatic heterocycles. The van der Waals surface area contributed by atoms with Crippen LogP contribution in [0.15, 0.2) is 48.5 Å². The largest absolute Gasteiger partial charge is 0.497 e. The predicted molar refractivity (Wildman–Crippen MR) is 108 cm³/mol. The maximum absolute atomic E-state index is 11.9. The maximum atomic E-state index is 11.9. The Morgan fingerprint density at radius 2 is 1.79 bits per heavy atom. The zero-order valence-corrected chi connectivity index (χ0v) is 16.9. The topological polar surface area (TPSA) is 77.0 Å². The summed E-state index contributed by atoms with van der Waals surface area (Å²) in [6, 6.07) is 14.9. The van der Waals surface area contributed by atoms with Crippen molar-refractivity contribution in [1.82, 2.24) is 5.32 Å². The van der Waals surface area contributed by atoms with E-state index in [2.05, 4.69) is 5.32 Å². The molecule has 1 atom stereocenters. The molecular weight excluding hydrogens is 358 g/mol. The molecule has 2 N–H and O–H groups in total. The highest BCUT2D eigenvalue weighted by molar-refractivity contribution is 5.68. The van der Waals surface area contributed by atoms with Gasteiger partial charge in [0.25, 0.3) is 0 Å². The van der Waals surface area contributed by atoms with Gasteiger partial charge >= 0.3 is 6.09 Å². The number of carbonyl (C=O) groups is 1. The van der Waals surface area contributed by atoms with Crippen LogP contribution in [0.4, 0.5) is 4.79 Å². The lowest BCUT2D eigenvalue weighted by Gasteiger charge is -2.23. The number of nitrogens with one attached hydrogen (secondary N) is 1. The highest BCUT2D eigenvalue weighted by Crippen LogP contribution is 2.18. The van der Waals surface area contributed by atoms with Crippen molar-refractivity contribution in [3.8, 4) is 11.5 Å². The second-order valence-corrected chi connectivity index (χ2v) is 7.51. The Kier molecular flexibility index (Phi) is 7.70. The first kappa shape index (κ1) is 21.6. The van der Waals surface area contributed by atoms with E-state index in [1.165, 1.54) is 0 Å². The summed E-state index contributed by atoms with van der Waals surface area (Å²) in [6.45, 7) is 5.64. The third-order valence-electron chi connectivity index (χ3n) is 3.89. The summed E-state index contributed by atoms with van der Waals surface area (Å²) in [6.07, 6.45) is -0.0754. The average molecular weight is 387 g/mol. The molecule has 6 nitrogen and oxygen atoms in total. The van der Waals surface area contributed by atoms with Crippen molar-refractivity contribution in [2.75, 3.05) is 13.7 Å². The van der Waals surface area contributed by atoms with Crippen molar-refractivity contribution in [3.05, 3.63) is 59.7 Å². The first-order valence-corrected chi connectivity index (χ1v) is 9.24. The minimum Gasteiger partial charge on any atom is -0.497 e. The number of ether oxygens (including phenoxy) is 3. The standard InChI is InChI=1S/C22H29NO5/c1-22(2,3)28-21(25)23-18(14-24)12-17-6-5-7-20(13-17)27-15-16-8-10-19(26-4)11-9-16/h5-11,13,18,24H,12,14-15H2,1-4H3,(H,23,25)/t18-/m0/s1. The van der Waals surface area contributed by atoms with Gasteiger partial charge in [-0.3, -0.25) is 0 Å². The Labute approximate surface area is 166 Å². The van der Waals surface area contributed by atoms with E-state index in [4.69, 9.17) is 14.2 Å². The number of benzene rings is 2. The van der Waals surface area contributed by atoms with E-state index in [1.54, 1.807) is 27.9 Å². The monoisotopic (exact) mass is 387 g/mol. The molecule has 0 unspecified atom stereocenters. The second kappa shape index (κ2) is 9.99. The van der Waals surface area contributed by atoms with Crippen molar-refractivity contribution >= 4 is 6.09 Å². The SMILES string of the molecule is COc1ccc(COc2cccc(C[C@@H](CO)NC(=O)OC(C)(C)C)c2)cc1. The van der Waals surface area contributed by atoms with E-state index >= 15 is 0 Å². The number of methoxy groups -OCH3 is 1. The number of rotatable bonds is 8. The van der Waals surface area contributed by atoms with E-state index in [0.717, 1.165) is 22.6 Å². The van der Waals surface area contributed by atoms with Crippen LogP contribution in [-0.2, 0) is 17.8 Å². The van der Waals surface area contributed by atoms with Crippen LogP contribution in [-0.4, -0.2) is 36.6 Å². The summed E-state index contributed by atoms with van der Waals surface area (Å²) in [5, 5.41) is 12.3. The molecule has 2 rings (SSSR count). The molecule has 0 fully saturated rings. The Morgan fingerprint density at radius 1 is 1.07 bits per heavy atom. The summed E-state index contributed by atoms with van der Waals surface area (Å²) in [4.78, 5) is 11.9. The Bertz CT molecular complexity index is 752. The lowest BCUT2D eigenvalue weighted by Crippen LogP contribution is -2.42. The fraction of sp³-hybridized carbons (Fsp3) is 0.409. The van der Waals surface area contributed by atoms with E-state index in [-0.39, 0.29) is 6.61 Å². The summed E-state index contributed by atoms with van der Waals surface area (Å²) in [5.74, 6) is 1.53. The van der Waals surface area contributed by atoms with Crippen LogP contribution in [0.2, 0.25) is 0 Å². The number of hydrogen-bond donors (Lipinski definition) is 2. The van der Waals surface area contributed by atoms with Crippen LogP contribution in [0.25, 0.3) is 0 Å². The highest BCUT2D eigenvalue weighted by atomic mass is 16.6. The first-order chi connectivity index (χ1) is 13.3. The number of amides is 1. The zero-order valence-electron chi connectivity index (χ0n) is 16.9. The van der Waals surface area contributed by atoms with Gasteiger partial charge < -0.3 is 24.6 Å². The number of hydrogen-bond acceptors (Lipinski definition) is 5. The summed E-state index contributed by atoms with van der Waals surface area (Å²) < 4.78 is 16.2. The molecule has 0 aliphatic heterocycles. The molecule has 0 saturated heterocycles. The molecule has 0 aliphatic carbocycles. The van der Waals surface area contributed by atoms with Gasteiger partial charge in [-0.25, -0.2) is 4.79 Å². The molecule has 0 spiro atoms. The molecule has 6 heteroatoms. The smallest absolute Gasteiger partial charge is 0.407 e. The second-order valence-electron chi connectivity index (χ2n) is 7.51. The molecule has 0 saturated carbocycles. The van der Waals surface area contributed by atoms with Crippen LogP contribution in [0.5, 0.6) is 11.5 Å². The average Bonchev–Trinajstić information content (AvgIpc) is 2.65. The number of alkyl carbamates (subject to hydrolysis) is 1. The summed E-state index contributed by atoms with van der Waals surface area (Å²) in [5.41, 5.74) is 1.40. The van der Waals surface area contributed by atoms with Crippen LogP contribution in [0.1, 0.15) is 31.9 Å². The van der Waals surface area contributed by atoms with Gasteiger partial charge in [0.15, 0.2) is 0 Å². The van der Waals surface area contributed by atoms with Gasteiger partial charge in [0.05, 0.1) is 19.8 Å². The van der Waals surface area contributed by atoms with E-state index in [0.29, 0.717) is 13.0 Å². The van der Waals surface area contributed by atoms with Gasteiger partial charge in [-0.05, 0) is 62.6 Å².